The van der Waals surface area contributed by atoms with E-state index in [1.165, 1.54) is 3.57 Å². The summed E-state index contributed by atoms with van der Waals surface area (Å²) in [5.41, 5.74) is 0.906. The number of benzene rings is 1. The van der Waals surface area contributed by atoms with Crippen LogP contribution in [-0.2, 0) is 0 Å². The Morgan fingerprint density at radius 2 is 2.00 bits per heavy atom. The highest BCUT2D eigenvalue weighted by atomic mass is 127. The first-order valence-electron chi connectivity index (χ1n) is 4.68. The average molecular weight is 303 g/mol. The van der Waals surface area contributed by atoms with E-state index in [9.17, 15) is 0 Å². The van der Waals surface area contributed by atoms with Crippen molar-refractivity contribution < 1.29 is 0 Å². The Balaban J connectivity index is 2.67. The minimum absolute atomic E-state index is 0.893. The van der Waals surface area contributed by atoms with Gasteiger partial charge in [-0.05, 0) is 54.6 Å². The zero-order valence-electron chi connectivity index (χ0n) is 8.44. The minimum atomic E-state index is 0.893. The number of halogens is 1. The normalized spacial score (nSPS) is 10.8. The van der Waals surface area contributed by atoms with Gasteiger partial charge < -0.3 is 0 Å². The molecule has 0 bridgehead atoms. The SMILES string of the molecule is CCN(CC)N=Nc1cccc(I)c1. The van der Waals surface area contributed by atoms with E-state index in [2.05, 4.69) is 46.8 Å². The molecule has 14 heavy (non-hydrogen) atoms. The van der Waals surface area contributed by atoms with E-state index in [1.54, 1.807) is 0 Å². The molecule has 0 aliphatic heterocycles. The van der Waals surface area contributed by atoms with Gasteiger partial charge in [0.05, 0.1) is 5.69 Å². The number of rotatable bonds is 4. The van der Waals surface area contributed by atoms with E-state index >= 15 is 0 Å². The highest BCUT2D eigenvalue weighted by Crippen LogP contribution is 2.16. The van der Waals surface area contributed by atoms with Crippen molar-refractivity contribution in [2.75, 3.05) is 13.1 Å². The van der Waals surface area contributed by atoms with Crippen LogP contribution in [0.3, 0.4) is 0 Å². The molecule has 1 aromatic rings. The number of nitrogens with zero attached hydrogens (tertiary/aromatic N) is 3. The van der Waals surface area contributed by atoms with Gasteiger partial charge in [0, 0.05) is 16.7 Å². The van der Waals surface area contributed by atoms with Crippen LogP contribution in [0.5, 0.6) is 0 Å². The van der Waals surface area contributed by atoms with Crippen molar-refractivity contribution in [1.82, 2.24) is 5.01 Å². The molecular weight excluding hydrogens is 289 g/mol. The maximum absolute atomic E-state index is 4.16. The van der Waals surface area contributed by atoms with E-state index < -0.39 is 0 Å². The molecule has 0 fully saturated rings. The van der Waals surface area contributed by atoms with Gasteiger partial charge in [0.2, 0.25) is 0 Å². The summed E-state index contributed by atoms with van der Waals surface area (Å²) in [4.78, 5) is 0. The fourth-order valence-corrected chi connectivity index (χ4v) is 1.53. The Hall–Kier alpha value is -0.650. The Morgan fingerprint density at radius 3 is 2.57 bits per heavy atom. The quantitative estimate of drug-likeness (QED) is 0.474. The first-order valence-corrected chi connectivity index (χ1v) is 5.76. The lowest BCUT2D eigenvalue weighted by molar-refractivity contribution is 0.301. The van der Waals surface area contributed by atoms with Gasteiger partial charge in [-0.15, -0.1) is 5.11 Å². The van der Waals surface area contributed by atoms with Crippen LogP contribution in [0, 0.1) is 3.57 Å². The van der Waals surface area contributed by atoms with Crippen molar-refractivity contribution in [3.05, 3.63) is 27.8 Å². The molecule has 0 unspecified atom stereocenters. The van der Waals surface area contributed by atoms with Gasteiger partial charge in [-0.3, -0.25) is 5.01 Å². The van der Waals surface area contributed by atoms with E-state index in [-0.39, 0.29) is 0 Å². The smallest absolute Gasteiger partial charge is 0.0884 e. The van der Waals surface area contributed by atoms with Crippen LogP contribution in [0.1, 0.15) is 13.8 Å². The van der Waals surface area contributed by atoms with Gasteiger partial charge in [-0.2, -0.15) is 0 Å². The molecule has 1 rings (SSSR count). The third-order valence-electron chi connectivity index (χ3n) is 1.82. The molecule has 0 saturated heterocycles. The zero-order valence-corrected chi connectivity index (χ0v) is 10.6. The molecule has 0 spiro atoms. The number of hydrogen-bond donors (Lipinski definition) is 0. The lowest BCUT2D eigenvalue weighted by Gasteiger charge is -2.10. The van der Waals surface area contributed by atoms with E-state index in [0.717, 1.165) is 18.8 Å². The fourth-order valence-electron chi connectivity index (χ4n) is 1.00. The molecule has 0 aliphatic carbocycles. The van der Waals surface area contributed by atoms with Crippen LogP contribution in [0.4, 0.5) is 5.69 Å². The molecule has 1 aromatic carbocycles. The second-order valence-corrected chi connectivity index (χ2v) is 4.05. The summed E-state index contributed by atoms with van der Waals surface area (Å²) in [6.07, 6.45) is 0. The third kappa shape index (κ3) is 3.61. The molecule has 3 nitrogen and oxygen atoms in total. The fraction of sp³-hybridized carbons (Fsp3) is 0.400. The van der Waals surface area contributed by atoms with Crippen LogP contribution < -0.4 is 0 Å². The number of hydrogen-bond acceptors (Lipinski definition) is 2. The molecular formula is C10H14IN3. The summed E-state index contributed by atoms with van der Waals surface area (Å²) in [7, 11) is 0. The maximum Gasteiger partial charge on any atom is 0.0884 e. The monoisotopic (exact) mass is 303 g/mol. The topological polar surface area (TPSA) is 28.0 Å². The summed E-state index contributed by atoms with van der Waals surface area (Å²) >= 11 is 2.27. The molecule has 0 aliphatic rings. The highest BCUT2D eigenvalue weighted by Gasteiger charge is 1.93. The van der Waals surface area contributed by atoms with E-state index in [0.29, 0.717) is 0 Å². The Bertz CT molecular complexity index is 308. The first-order chi connectivity index (χ1) is 6.76. The molecule has 0 heterocycles. The highest BCUT2D eigenvalue weighted by molar-refractivity contribution is 14.1. The van der Waals surface area contributed by atoms with Crippen LogP contribution >= 0.6 is 22.6 Å². The molecule has 0 saturated carbocycles. The minimum Gasteiger partial charge on any atom is -0.279 e. The molecule has 0 atom stereocenters. The van der Waals surface area contributed by atoms with E-state index in [1.807, 2.05) is 29.3 Å². The van der Waals surface area contributed by atoms with Gasteiger partial charge in [0.25, 0.3) is 0 Å². The standard InChI is InChI=1S/C10H14IN3/c1-3-14(4-2)13-12-10-7-5-6-9(11)8-10/h5-8H,3-4H2,1-2H3. The van der Waals surface area contributed by atoms with Crippen molar-refractivity contribution in [1.29, 1.82) is 0 Å². The zero-order chi connectivity index (χ0) is 10.4. The molecule has 0 radical (unpaired) electrons. The van der Waals surface area contributed by atoms with Gasteiger partial charge in [0.15, 0.2) is 0 Å². The van der Waals surface area contributed by atoms with Crippen molar-refractivity contribution in [2.45, 2.75) is 13.8 Å². The summed E-state index contributed by atoms with van der Waals surface area (Å²) in [5, 5.41) is 10.2. The van der Waals surface area contributed by atoms with Crippen LogP contribution in [-0.4, -0.2) is 18.1 Å². The predicted molar refractivity (Wildman–Crippen MR) is 66.6 cm³/mol. The van der Waals surface area contributed by atoms with Crippen molar-refractivity contribution in [3.8, 4) is 0 Å². The Labute approximate surface area is 98.3 Å². The Morgan fingerprint density at radius 1 is 1.29 bits per heavy atom. The largest absolute Gasteiger partial charge is 0.279 e. The third-order valence-corrected chi connectivity index (χ3v) is 2.50. The van der Waals surface area contributed by atoms with Crippen LogP contribution in [0.2, 0.25) is 0 Å². The van der Waals surface area contributed by atoms with Crippen LogP contribution in [0.15, 0.2) is 34.6 Å². The van der Waals surface area contributed by atoms with Crippen molar-refractivity contribution in [3.63, 3.8) is 0 Å². The molecule has 4 heteroatoms. The van der Waals surface area contributed by atoms with E-state index in [4.69, 9.17) is 0 Å². The molecule has 0 aromatic heterocycles. The lowest BCUT2D eigenvalue weighted by atomic mass is 10.3. The van der Waals surface area contributed by atoms with Crippen LogP contribution in [0.25, 0.3) is 0 Å². The molecule has 0 amide bonds. The van der Waals surface area contributed by atoms with Gasteiger partial charge in [-0.25, -0.2) is 0 Å². The first kappa shape index (κ1) is 11.4. The summed E-state index contributed by atoms with van der Waals surface area (Å²) in [5.74, 6) is 0. The van der Waals surface area contributed by atoms with Crippen molar-refractivity contribution >= 4 is 28.3 Å². The summed E-state index contributed by atoms with van der Waals surface area (Å²) in [6.45, 7) is 5.92. The maximum atomic E-state index is 4.16. The lowest BCUT2D eigenvalue weighted by Crippen LogP contribution is -2.14. The molecule has 0 N–H and O–H groups in total. The summed E-state index contributed by atoms with van der Waals surface area (Å²) < 4.78 is 1.18. The van der Waals surface area contributed by atoms with Gasteiger partial charge >= 0.3 is 0 Å². The Kier molecular flexibility index (Phi) is 4.86. The van der Waals surface area contributed by atoms with Gasteiger partial charge in [0.1, 0.15) is 0 Å². The second kappa shape index (κ2) is 5.95. The van der Waals surface area contributed by atoms with Crippen molar-refractivity contribution in [2.24, 2.45) is 10.3 Å². The predicted octanol–water partition coefficient (Wildman–Crippen LogP) is 3.63. The average Bonchev–Trinajstić information content (AvgIpc) is 2.19. The molecule has 76 valence electrons. The second-order valence-electron chi connectivity index (χ2n) is 2.81. The van der Waals surface area contributed by atoms with Gasteiger partial charge in [-0.1, -0.05) is 11.3 Å². The summed E-state index contributed by atoms with van der Waals surface area (Å²) in [6, 6.07) is 7.98.